The van der Waals surface area contributed by atoms with Gasteiger partial charge in [-0.2, -0.15) is 0 Å². The number of carbonyl (C=O) groups is 1. The van der Waals surface area contributed by atoms with E-state index in [1.165, 1.54) is 0 Å². The fourth-order valence-corrected chi connectivity index (χ4v) is 2.83. The standard InChI is InChI=1S/C17H22N4O2/c1-2-23-13-15-11-21(19-18-15)16-8-9-20(12-16)17(22)10-14-6-4-3-5-7-14/h3-7,11,16H,2,8-10,12-13H2,1H3. The van der Waals surface area contributed by atoms with Crippen LogP contribution in [0.25, 0.3) is 0 Å². The number of hydrogen-bond donors (Lipinski definition) is 0. The lowest BCUT2D eigenvalue weighted by Crippen LogP contribution is -2.30. The first-order valence-electron chi connectivity index (χ1n) is 8.06. The first-order chi connectivity index (χ1) is 11.3. The zero-order valence-electron chi connectivity index (χ0n) is 13.4. The molecular formula is C17H22N4O2. The van der Waals surface area contributed by atoms with Crippen molar-refractivity contribution in [2.45, 2.75) is 32.4 Å². The Kier molecular flexibility index (Phi) is 5.02. The third-order valence-electron chi connectivity index (χ3n) is 4.10. The zero-order valence-corrected chi connectivity index (χ0v) is 13.4. The molecule has 0 bridgehead atoms. The van der Waals surface area contributed by atoms with E-state index in [0.29, 0.717) is 26.2 Å². The van der Waals surface area contributed by atoms with Crippen LogP contribution in [0.1, 0.15) is 30.6 Å². The molecule has 1 aliphatic rings. The highest BCUT2D eigenvalue weighted by Gasteiger charge is 2.28. The fraction of sp³-hybridized carbons (Fsp3) is 0.471. The maximum Gasteiger partial charge on any atom is 0.227 e. The van der Waals surface area contributed by atoms with Gasteiger partial charge in [-0.15, -0.1) is 5.10 Å². The van der Waals surface area contributed by atoms with Crippen LogP contribution in [0.4, 0.5) is 0 Å². The highest BCUT2D eigenvalue weighted by atomic mass is 16.5. The number of aromatic nitrogens is 3. The van der Waals surface area contributed by atoms with Crippen LogP contribution in [0.5, 0.6) is 0 Å². The van der Waals surface area contributed by atoms with Crippen molar-refractivity contribution in [3.8, 4) is 0 Å². The van der Waals surface area contributed by atoms with Crippen LogP contribution in [0.2, 0.25) is 0 Å². The number of benzene rings is 1. The molecular weight excluding hydrogens is 292 g/mol. The normalized spacial score (nSPS) is 17.6. The van der Waals surface area contributed by atoms with E-state index in [1.54, 1.807) is 0 Å². The molecule has 1 amide bonds. The lowest BCUT2D eigenvalue weighted by Gasteiger charge is -2.16. The molecule has 0 saturated carbocycles. The second kappa shape index (κ2) is 7.37. The smallest absolute Gasteiger partial charge is 0.227 e. The van der Waals surface area contributed by atoms with Gasteiger partial charge in [0.1, 0.15) is 5.69 Å². The minimum Gasteiger partial charge on any atom is -0.375 e. The Morgan fingerprint density at radius 2 is 2.17 bits per heavy atom. The Bertz CT molecular complexity index is 641. The number of rotatable bonds is 6. The Morgan fingerprint density at radius 1 is 1.35 bits per heavy atom. The molecule has 0 spiro atoms. The first-order valence-corrected chi connectivity index (χ1v) is 8.06. The molecule has 3 rings (SSSR count). The molecule has 122 valence electrons. The Morgan fingerprint density at radius 3 is 2.96 bits per heavy atom. The quantitative estimate of drug-likeness (QED) is 0.816. The molecule has 23 heavy (non-hydrogen) atoms. The van der Waals surface area contributed by atoms with Gasteiger partial charge in [0.25, 0.3) is 0 Å². The minimum atomic E-state index is 0.174. The molecule has 1 aliphatic heterocycles. The molecule has 0 N–H and O–H groups in total. The Balaban J connectivity index is 1.55. The SMILES string of the molecule is CCOCc1cn(C2CCN(C(=O)Cc3ccccc3)C2)nn1. The zero-order chi connectivity index (χ0) is 16.1. The highest BCUT2D eigenvalue weighted by Crippen LogP contribution is 2.21. The van der Waals surface area contributed by atoms with E-state index in [4.69, 9.17) is 4.74 Å². The maximum absolute atomic E-state index is 12.4. The van der Waals surface area contributed by atoms with Crippen molar-refractivity contribution in [1.82, 2.24) is 19.9 Å². The molecule has 1 aromatic heterocycles. The molecule has 1 aromatic carbocycles. The van der Waals surface area contributed by atoms with Crippen LogP contribution >= 0.6 is 0 Å². The Hall–Kier alpha value is -2.21. The number of hydrogen-bond acceptors (Lipinski definition) is 4. The molecule has 1 fully saturated rings. The molecule has 6 nitrogen and oxygen atoms in total. The topological polar surface area (TPSA) is 60.2 Å². The molecule has 0 aliphatic carbocycles. The van der Waals surface area contributed by atoms with Gasteiger partial charge in [0.15, 0.2) is 0 Å². The average molecular weight is 314 g/mol. The lowest BCUT2D eigenvalue weighted by atomic mass is 10.1. The molecule has 2 heterocycles. The minimum absolute atomic E-state index is 0.174. The Labute approximate surface area is 136 Å². The summed E-state index contributed by atoms with van der Waals surface area (Å²) in [5.74, 6) is 0.174. The van der Waals surface area contributed by atoms with Crippen molar-refractivity contribution in [1.29, 1.82) is 0 Å². The predicted molar refractivity (Wildman–Crippen MR) is 85.7 cm³/mol. The van der Waals surface area contributed by atoms with Crippen molar-refractivity contribution < 1.29 is 9.53 Å². The molecule has 0 radical (unpaired) electrons. The predicted octanol–water partition coefficient (Wildman–Crippen LogP) is 1.83. The summed E-state index contributed by atoms with van der Waals surface area (Å²) in [6.07, 6.45) is 3.30. The van der Waals surface area contributed by atoms with Crippen molar-refractivity contribution in [2.75, 3.05) is 19.7 Å². The van der Waals surface area contributed by atoms with Crippen LogP contribution in [0.3, 0.4) is 0 Å². The van der Waals surface area contributed by atoms with Gasteiger partial charge in [0.05, 0.1) is 25.3 Å². The third-order valence-corrected chi connectivity index (χ3v) is 4.10. The highest BCUT2D eigenvalue weighted by molar-refractivity contribution is 5.79. The number of nitrogens with zero attached hydrogens (tertiary/aromatic N) is 4. The van der Waals surface area contributed by atoms with E-state index in [-0.39, 0.29) is 11.9 Å². The van der Waals surface area contributed by atoms with Gasteiger partial charge in [0.2, 0.25) is 5.91 Å². The van der Waals surface area contributed by atoms with Crippen LogP contribution in [0.15, 0.2) is 36.5 Å². The van der Waals surface area contributed by atoms with Crippen LogP contribution in [-0.4, -0.2) is 45.5 Å². The van der Waals surface area contributed by atoms with Crippen LogP contribution in [0, 0.1) is 0 Å². The number of carbonyl (C=O) groups excluding carboxylic acids is 1. The summed E-state index contributed by atoms with van der Waals surface area (Å²) < 4.78 is 7.21. The van der Waals surface area contributed by atoms with E-state index in [1.807, 2.05) is 53.0 Å². The van der Waals surface area contributed by atoms with E-state index in [0.717, 1.165) is 24.2 Å². The molecule has 2 aromatic rings. The monoisotopic (exact) mass is 314 g/mol. The summed E-state index contributed by atoms with van der Waals surface area (Å²) in [7, 11) is 0. The van der Waals surface area contributed by atoms with E-state index >= 15 is 0 Å². The van der Waals surface area contributed by atoms with Gasteiger partial charge < -0.3 is 9.64 Å². The summed E-state index contributed by atoms with van der Waals surface area (Å²) in [5.41, 5.74) is 1.89. The molecule has 1 atom stereocenters. The van der Waals surface area contributed by atoms with Crippen LogP contribution < -0.4 is 0 Å². The molecule has 1 unspecified atom stereocenters. The third kappa shape index (κ3) is 3.96. The maximum atomic E-state index is 12.4. The van der Waals surface area contributed by atoms with Gasteiger partial charge in [-0.05, 0) is 18.9 Å². The first kappa shape index (κ1) is 15.7. The second-order valence-electron chi connectivity index (χ2n) is 5.77. The summed E-state index contributed by atoms with van der Waals surface area (Å²) in [6.45, 7) is 4.58. The number of amides is 1. The van der Waals surface area contributed by atoms with Crippen molar-refractivity contribution >= 4 is 5.91 Å². The summed E-state index contributed by atoms with van der Waals surface area (Å²) in [5, 5.41) is 8.30. The van der Waals surface area contributed by atoms with Gasteiger partial charge in [-0.25, -0.2) is 4.68 Å². The van der Waals surface area contributed by atoms with Crippen molar-refractivity contribution in [3.63, 3.8) is 0 Å². The average Bonchev–Trinajstić information content (AvgIpc) is 3.23. The molecule has 6 heteroatoms. The van der Waals surface area contributed by atoms with E-state index in [9.17, 15) is 4.79 Å². The van der Waals surface area contributed by atoms with E-state index < -0.39 is 0 Å². The number of likely N-dealkylation sites (tertiary alicyclic amines) is 1. The van der Waals surface area contributed by atoms with E-state index in [2.05, 4.69) is 10.3 Å². The molecule has 1 saturated heterocycles. The lowest BCUT2D eigenvalue weighted by molar-refractivity contribution is -0.129. The van der Waals surface area contributed by atoms with Crippen molar-refractivity contribution in [3.05, 3.63) is 47.8 Å². The van der Waals surface area contributed by atoms with Gasteiger partial charge in [-0.1, -0.05) is 35.5 Å². The van der Waals surface area contributed by atoms with Crippen LogP contribution in [-0.2, 0) is 22.6 Å². The summed E-state index contributed by atoms with van der Waals surface area (Å²) >= 11 is 0. The largest absolute Gasteiger partial charge is 0.375 e. The fourth-order valence-electron chi connectivity index (χ4n) is 2.83. The summed E-state index contributed by atoms with van der Waals surface area (Å²) in [6, 6.07) is 10.1. The van der Waals surface area contributed by atoms with Crippen molar-refractivity contribution in [2.24, 2.45) is 0 Å². The van der Waals surface area contributed by atoms with Gasteiger partial charge >= 0.3 is 0 Å². The van der Waals surface area contributed by atoms with Gasteiger partial charge in [-0.3, -0.25) is 4.79 Å². The van der Waals surface area contributed by atoms with Gasteiger partial charge in [0, 0.05) is 19.7 Å². The summed E-state index contributed by atoms with van der Waals surface area (Å²) in [4.78, 5) is 14.3. The second-order valence-corrected chi connectivity index (χ2v) is 5.77. The number of ether oxygens (including phenoxy) is 1.